The first-order chi connectivity index (χ1) is 7.04. The van der Waals surface area contributed by atoms with Gasteiger partial charge in [0.25, 0.3) is 0 Å². The van der Waals surface area contributed by atoms with Crippen LogP contribution in [0, 0.1) is 0 Å². The standard InChI is InChI=1S/C9H12BrN3O2/c1-6(5-14)7(10)4-13-3-2-8(11)12-9(13)15/h2-3,14H,4-5H2,1H3,(H2,11,12,15)/b7-6+. The first-order valence-electron chi connectivity index (χ1n) is 4.32. The molecule has 1 rings (SSSR count). The zero-order chi connectivity index (χ0) is 11.4. The van der Waals surface area contributed by atoms with Crippen LogP contribution in [0.25, 0.3) is 0 Å². The molecule has 0 unspecified atom stereocenters. The monoisotopic (exact) mass is 273 g/mol. The van der Waals surface area contributed by atoms with Crippen LogP contribution in [0.2, 0.25) is 0 Å². The lowest BCUT2D eigenvalue weighted by Gasteiger charge is -2.06. The molecule has 1 aromatic rings. The summed E-state index contributed by atoms with van der Waals surface area (Å²) in [6.07, 6.45) is 1.57. The SMILES string of the molecule is C/C(CO)=C(\Br)Cn1ccc(N)nc1=O. The third-order valence-corrected chi connectivity index (χ3v) is 2.83. The predicted molar refractivity (Wildman–Crippen MR) is 61.6 cm³/mol. The van der Waals surface area contributed by atoms with E-state index in [1.165, 1.54) is 4.57 Å². The molecule has 0 fully saturated rings. The van der Waals surface area contributed by atoms with Gasteiger partial charge in [-0.25, -0.2) is 4.79 Å². The molecule has 0 spiro atoms. The number of aliphatic hydroxyl groups is 1. The van der Waals surface area contributed by atoms with E-state index >= 15 is 0 Å². The Bertz CT molecular complexity index is 439. The van der Waals surface area contributed by atoms with Gasteiger partial charge in [0.15, 0.2) is 0 Å². The Balaban J connectivity index is 2.96. The van der Waals surface area contributed by atoms with E-state index in [1.807, 2.05) is 0 Å². The summed E-state index contributed by atoms with van der Waals surface area (Å²) in [6, 6.07) is 1.55. The summed E-state index contributed by atoms with van der Waals surface area (Å²) in [4.78, 5) is 14.9. The number of hydrogen-bond acceptors (Lipinski definition) is 4. The number of nitrogens with two attached hydrogens (primary N) is 1. The Labute approximate surface area is 95.4 Å². The van der Waals surface area contributed by atoms with Crippen molar-refractivity contribution in [3.05, 3.63) is 32.8 Å². The number of rotatable bonds is 3. The summed E-state index contributed by atoms with van der Waals surface area (Å²) in [5.74, 6) is 0.204. The smallest absolute Gasteiger partial charge is 0.349 e. The van der Waals surface area contributed by atoms with E-state index in [2.05, 4.69) is 20.9 Å². The lowest BCUT2D eigenvalue weighted by atomic mass is 10.3. The van der Waals surface area contributed by atoms with Crippen molar-refractivity contribution in [3.8, 4) is 0 Å². The van der Waals surface area contributed by atoms with E-state index in [9.17, 15) is 4.79 Å². The molecule has 0 bridgehead atoms. The van der Waals surface area contributed by atoms with Gasteiger partial charge in [-0.15, -0.1) is 0 Å². The minimum atomic E-state index is -0.405. The van der Waals surface area contributed by atoms with Crippen molar-refractivity contribution < 1.29 is 5.11 Å². The maximum atomic E-state index is 11.4. The Hall–Kier alpha value is -1.14. The molecule has 0 aromatic carbocycles. The molecule has 1 aromatic heterocycles. The topological polar surface area (TPSA) is 81.1 Å². The molecule has 15 heavy (non-hydrogen) atoms. The fraction of sp³-hybridized carbons (Fsp3) is 0.333. The zero-order valence-corrected chi connectivity index (χ0v) is 9.86. The largest absolute Gasteiger partial charge is 0.392 e. The molecular weight excluding hydrogens is 262 g/mol. The van der Waals surface area contributed by atoms with Gasteiger partial charge < -0.3 is 10.8 Å². The fourth-order valence-electron chi connectivity index (χ4n) is 0.933. The van der Waals surface area contributed by atoms with Crippen LogP contribution >= 0.6 is 15.9 Å². The van der Waals surface area contributed by atoms with Gasteiger partial charge in [0, 0.05) is 10.7 Å². The third kappa shape index (κ3) is 3.17. The Morgan fingerprint density at radius 1 is 1.73 bits per heavy atom. The number of hydrogen-bond donors (Lipinski definition) is 2. The van der Waals surface area contributed by atoms with E-state index < -0.39 is 5.69 Å². The number of nitrogen functional groups attached to an aromatic ring is 1. The van der Waals surface area contributed by atoms with Crippen LogP contribution in [0.4, 0.5) is 5.82 Å². The number of nitrogens with zero attached hydrogens (tertiary/aromatic N) is 2. The molecule has 5 nitrogen and oxygen atoms in total. The first-order valence-corrected chi connectivity index (χ1v) is 5.12. The molecular formula is C9H12BrN3O2. The summed E-state index contributed by atoms with van der Waals surface area (Å²) < 4.78 is 2.17. The van der Waals surface area contributed by atoms with Crippen molar-refractivity contribution in [1.29, 1.82) is 0 Å². The maximum Gasteiger partial charge on any atom is 0.349 e. The number of aromatic nitrogens is 2. The van der Waals surface area contributed by atoms with E-state index in [0.29, 0.717) is 6.54 Å². The summed E-state index contributed by atoms with van der Waals surface area (Å²) in [5, 5.41) is 8.89. The van der Waals surface area contributed by atoms with Crippen LogP contribution in [0.5, 0.6) is 0 Å². The van der Waals surface area contributed by atoms with Gasteiger partial charge in [0.05, 0.1) is 13.2 Å². The predicted octanol–water partition coefficient (Wildman–Crippen LogP) is 0.487. The highest BCUT2D eigenvalue weighted by atomic mass is 79.9. The summed E-state index contributed by atoms with van der Waals surface area (Å²) in [7, 11) is 0. The van der Waals surface area contributed by atoms with Crippen LogP contribution in [-0.2, 0) is 6.54 Å². The quantitative estimate of drug-likeness (QED) is 0.840. The highest BCUT2D eigenvalue weighted by Crippen LogP contribution is 2.12. The Kier molecular flexibility index (Phi) is 4.05. The van der Waals surface area contributed by atoms with Crippen LogP contribution in [0.1, 0.15) is 6.92 Å². The molecule has 0 aliphatic heterocycles. The van der Waals surface area contributed by atoms with Gasteiger partial charge in [-0.3, -0.25) is 4.57 Å². The van der Waals surface area contributed by atoms with Crippen LogP contribution in [-0.4, -0.2) is 21.3 Å². The van der Waals surface area contributed by atoms with Gasteiger partial charge in [-0.05, 0) is 18.6 Å². The summed E-state index contributed by atoms with van der Waals surface area (Å²) >= 11 is 3.29. The van der Waals surface area contributed by atoms with Crippen LogP contribution in [0.15, 0.2) is 27.1 Å². The van der Waals surface area contributed by atoms with Crippen molar-refractivity contribution >= 4 is 21.7 Å². The minimum absolute atomic E-state index is 0.0439. The summed E-state index contributed by atoms with van der Waals surface area (Å²) in [5.41, 5.74) is 5.73. The average molecular weight is 274 g/mol. The lowest BCUT2D eigenvalue weighted by molar-refractivity contribution is 0.330. The van der Waals surface area contributed by atoms with Crippen molar-refractivity contribution in [2.45, 2.75) is 13.5 Å². The zero-order valence-electron chi connectivity index (χ0n) is 8.27. The van der Waals surface area contributed by atoms with E-state index in [0.717, 1.165) is 10.1 Å². The first kappa shape index (κ1) is 11.9. The van der Waals surface area contributed by atoms with E-state index in [-0.39, 0.29) is 12.4 Å². The molecule has 3 N–H and O–H groups in total. The second-order valence-corrected chi connectivity index (χ2v) is 4.06. The molecule has 0 aliphatic rings. The molecule has 0 saturated heterocycles. The molecule has 1 heterocycles. The number of anilines is 1. The number of allylic oxidation sites excluding steroid dienone is 1. The lowest BCUT2D eigenvalue weighted by Crippen LogP contribution is -2.23. The van der Waals surface area contributed by atoms with Crippen molar-refractivity contribution in [3.63, 3.8) is 0 Å². The highest BCUT2D eigenvalue weighted by Gasteiger charge is 2.02. The van der Waals surface area contributed by atoms with E-state index in [1.54, 1.807) is 19.2 Å². The maximum absolute atomic E-state index is 11.4. The van der Waals surface area contributed by atoms with Crippen LogP contribution in [0.3, 0.4) is 0 Å². The average Bonchev–Trinajstić information content (AvgIpc) is 2.20. The van der Waals surface area contributed by atoms with Gasteiger partial charge in [0.1, 0.15) is 5.82 Å². The molecule has 0 amide bonds. The summed E-state index contributed by atoms with van der Waals surface area (Å²) in [6.45, 7) is 2.08. The highest BCUT2D eigenvalue weighted by molar-refractivity contribution is 9.11. The molecule has 0 saturated carbocycles. The fourth-order valence-corrected chi connectivity index (χ4v) is 1.33. The van der Waals surface area contributed by atoms with Crippen LogP contribution < -0.4 is 11.4 Å². The minimum Gasteiger partial charge on any atom is -0.392 e. The van der Waals surface area contributed by atoms with Gasteiger partial charge in [-0.2, -0.15) is 4.98 Å². The Morgan fingerprint density at radius 3 is 2.93 bits per heavy atom. The molecule has 82 valence electrons. The molecule has 0 atom stereocenters. The van der Waals surface area contributed by atoms with E-state index in [4.69, 9.17) is 10.8 Å². The molecule has 6 heteroatoms. The van der Waals surface area contributed by atoms with Crippen molar-refractivity contribution in [2.24, 2.45) is 0 Å². The molecule has 0 aliphatic carbocycles. The molecule has 0 radical (unpaired) electrons. The third-order valence-electron chi connectivity index (χ3n) is 1.91. The second-order valence-electron chi connectivity index (χ2n) is 3.11. The van der Waals surface area contributed by atoms with Gasteiger partial charge in [-0.1, -0.05) is 15.9 Å². The van der Waals surface area contributed by atoms with Crippen molar-refractivity contribution in [2.75, 3.05) is 12.3 Å². The second kappa shape index (κ2) is 5.09. The number of aliphatic hydroxyl groups excluding tert-OH is 1. The van der Waals surface area contributed by atoms with Crippen molar-refractivity contribution in [1.82, 2.24) is 9.55 Å². The van der Waals surface area contributed by atoms with Gasteiger partial charge >= 0.3 is 5.69 Å². The number of halogens is 1. The normalized spacial score (nSPS) is 12.5. The van der Waals surface area contributed by atoms with Gasteiger partial charge in [0.2, 0.25) is 0 Å². The Morgan fingerprint density at radius 2 is 2.40 bits per heavy atom.